The third kappa shape index (κ3) is 3.30. The average molecular weight is 423 g/mol. The van der Waals surface area contributed by atoms with Crippen molar-refractivity contribution in [3.8, 4) is 28.5 Å². The molecule has 3 heterocycles. The minimum absolute atomic E-state index is 0.103. The summed E-state index contributed by atoms with van der Waals surface area (Å²) < 4.78 is 42.5. The number of phenolic OH excluding ortho intramolecular Hbond substituents is 1. The van der Waals surface area contributed by atoms with Gasteiger partial charge in [0.2, 0.25) is 0 Å². The Bertz CT molecular complexity index is 1280. The van der Waals surface area contributed by atoms with Crippen molar-refractivity contribution in [2.45, 2.75) is 13.3 Å². The number of aromatic nitrogens is 2. The summed E-state index contributed by atoms with van der Waals surface area (Å²) in [5.74, 6) is -0.650. The minimum Gasteiger partial charge on any atom is -0.508 e. The SMILES string of the molecule is CCc1cccc2nc(-c3c(F)cc(O)cc3F)c(Nc3ccc4c(c3)OCCO4)n12. The van der Waals surface area contributed by atoms with E-state index in [2.05, 4.69) is 10.3 Å². The molecule has 0 radical (unpaired) electrons. The number of hydrogen-bond donors (Lipinski definition) is 2. The summed E-state index contributed by atoms with van der Waals surface area (Å²) in [5, 5.41) is 12.8. The van der Waals surface area contributed by atoms with Crippen LogP contribution in [0.15, 0.2) is 48.5 Å². The topological polar surface area (TPSA) is 68.0 Å². The van der Waals surface area contributed by atoms with E-state index in [1.807, 2.05) is 23.5 Å². The molecule has 0 fully saturated rings. The lowest BCUT2D eigenvalue weighted by atomic mass is 10.1. The van der Waals surface area contributed by atoms with E-state index in [-0.39, 0.29) is 11.3 Å². The summed E-state index contributed by atoms with van der Waals surface area (Å²) >= 11 is 0. The van der Waals surface area contributed by atoms with E-state index in [4.69, 9.17) is 9.47 Å². The Balaban J connectivity index is 1.72. The normalized spacial score (nSPS) is 12.9. The van der Waals surface area contributed by atoms with E-state index in [0.29, 0.717) is 48.3 Å². The monoisotopic (exact) mass is 423 g/mol. The second-order valence-electron chi connectivity index (χ2n) is 7.14. The molecule has 0 atom stereocenters. The second-order valence-corrected chi connectivity index (χ2v) is 7.14. The van der Waals surface area contributed by atoms with Crippen molar-refractivity contribution < 1.29 is 23.4 Å². The van der Waals surface area contributed by atoms with E-state index in [9.17, 15) is 13.9 Å². The molecule has 2 N–H and O–H groups in total. The number of nitrogens with zero attached hydrogens (tertiary/aromatic N) is 2. The van der Waals surface area contributed by atoms with Gasteiger partial charge < -0.3 is 19.9 Å². The zero-order valence-electron chi connectivity index (χ0n) is 16.7. The molecule has 2 aromatic heterocycles. The van der Waals surface area contributed by atoms with Gasteiger partial charge in [0.25, 0.3) is 0 Å². The number of nitrogens with one attached hydrogen (secondary N) is 1. The highest BCUT2D eigenvalue weighted by Gasteiger charge is 2.23. The molecule has 5 rings (SSSR count). The lowest BCUT2D eigenvalue weighted by molar-refractivity contribution is 0.171. The van der Waals surface area contributed by atoms with Gasteiger partial charge >= 0.3 is 0 Å². The third-order valence-electron chi connectivity index (χ3n) is 5.16. The second kappa shape index (κ2) is 7.46. The maximum atomic E-state index is 14.7. The molecule has 0 unspecified atom stereocenters. The van der Waals surface area contributed by atoms with Gasteiger partial charge in [-0.2, -0.15) is 0 Å². The third-order valence-corrected chi connectivity index (χ3v) is 5.16. The van der Waals surface area contributed by atoms with Crippen LogP contribution in [0.25, 0.3) is 16.9 Å². The van der Waals surface area contributed by atoms with E-state index >= 15 is 0 Å². The molecule has 0 amide bonds. The highest BCUT2D eigenvalue weighted by Crippen LogP contribution is 2.38. The summed E-state index contributed by atoms with van der Waals surface area (Å²) in [4.78, 5) is 4.51. The van der Waals surface area contributed by atoms with Crippen molar-refractivity contribution >= 4 is 17.2 Å². The van der Waals surface area contributed by atoms with Crippen molar-refractivity contribution in [2.24, 2.45) is 0 Å². The lowest BCUT2D eigenvalue weighted by Crippen LogP contribution is -2.15. The fourth-order valence-corrected chi connectivity index (χ4v) is 3.77. The first-order valence-electron chi connectivity index (χ1n) is 9.90. The fraction of sp³-hybridized carbons (Fsp3) is 0.174. The summed E-state index contributed by atoms with van der Waals surface area (Å²) in [6, 6.07) is 12.6. The van der Waals surface area contributed by atoms with Crippen LogP contribution in [0.5, 0.6) is 17.2 Å². The van der Waals surface area contributed by atoms with Crippen LogP contribution < -0.4 is 14.8 Å². The van der Waals surface area contributed by atoms with Crippen LogP contribution in [-0.2, 0) is 6.42 Å². The van der Waals surface area contributed by atoms with E-state index in [1.165, 1.54) is 0 Å². The molecular weight excluding hydrogens is 404 g/mol. The minimum atomic E-state index is -0.899. The molecule has 0 spiro atoms. The molecule has 0 aliphatic carbocycles. The van der Waals surface area contributed by atoms with Crippen molar-refractivity contribution in [1.82, 2.24) is 9.38 Å². The lowest BCUT2D eigenvalue weighted by Gasteiger charge is -2.19. The molecule has 0 saturated heterocycles. The Labute approximate surface area is 176 Å². The van der Waals surface area contributed by atoms with Crippen LogP contribution in [0.3, 0.4) is 0 Å². The zero-order valence-corrected chi connectivity index (χ0v) is 16.7. The number of aromatic hydroxyl groups is 1. The Morgan fingerprint density at radius 1 is 1.03 bits per heavy atom. The number of rotatable bonds is 4. The Hall–Kier alpha value is -3.81. The van der Waals surface area contributed by atoms with Gasteiger partial charge in [0.05, 0.1) is 5.56 Å². The fourth-order valence-electron chi connectivity index (χ4n) is 3.77. The van der Waals surface area contributed by atoms with Gasteiger partial charge in [-0.15, -0.1) is 0 Å². The Kier molecular flexibility index (Phi) is 4.62. The zero-order chi connectivity index (χ0) is 21.5. The molecule has 2 aromatic carbocycles. The molecule has 158 valence electrons. The molecule has 1 aliphatic heterocycles. The van der Waals surface area contributed by atoms with Gasteiger partial charge in [-0.25, -0.2) is 13.8 Å². The standard InChI is InChI=1S/C23H19F2N3O3/c1-2-14-4-3-5-20-27-22(21-16(24)11-15(29)12-17(21)25)23(28(14)20)26-13-6-7-18-19(10-13)31-9-8-30-18/h3-7,10-12,26,29H,2,8-9H2,1H3. The molecule has 1 aliphatic rings. The number of anilines is 2. The number of aryl methyl sites for hydroxylation is 1. The summed E-state index contributed by atoms with van der Waals surface area (Å²) in [7, 11) is 0. The van der Waals surface area contributed by atoms with Crippen LogP contribution >= 0.6 is 0 Å². The number of ether oxygens (including phenoxy) is 2. The summed E-state index contributed by atoms with van der Waals surface area (Å²) in [5.41, 5.74) is 1.89. The summed E-state index contributed by atoms with van der Waals surface area (Å²) in [6.45, 7) is 2.92. The van der Waals surface area contributed by atoms with Crippen LogP contribution in [0.4, 0.5) is 20.3 Å². The first-order valence-corrected chi connectivity index (χ1v) is 9.90. The van der Waals surface area contributed by atoms with Gasteiger partial charge in [-0.1, -0.05) is 13.0 Å². The number of fused-ring (bicyclic) bond motifs is 2. The van der Waals surface area contributed by atoms with E-state index in [1.54, 1.807) is 24.3 Å². The number of pyridine rings is 1. The number of imidazole rings is 1. The van der Waals surface area contributed by atoms with Crippen LogP contribution in [0.1, 0.15) is 12.6 Å². The predicted octanol–water partition coefficient (Wildman–Crippen LogP) is 5.06. The highest BCUT2D eigenvalue weighted by molar-refractivity contribution is 5.81. The highest BCUT2D eigenvalue weighted by atomic mass is 19.1. The summed E-state index contributed by atoms with van der Waals surface area (Å²) in [6.07, 6.45) is 0.684. The number of phenols is 1. The molecule has 8 heteroatoms. The number of benzene rings is 2. The Morgan fingerprint density at radius 2 is 1.77 bits per heavy atom. The van der Waals surface area contributed by atoms with Crippen molar-refractivity contribution in [2.75, 3.05) is 18.5 Å². The van der Waals surface area contributed by atoms with Gasteiger partial charge in [-0.3, -0.25) is 4.40 Å². The molecule has 31 heavy (non-hydrogen) atoms. The largest absolute Gasteiger partial charge is 0.508 e. The van der Waals surface area contributed by atoms with Crippen LogP contribution in [0.2, 0.25) is 0 Å². The maximum absolute atomic E-state index is 14.7. The van der Waals surface area contributed by atoms with Gasteiger partial charge in [0, 0.05) is 29.6 Å². The predicted molar refractivity (Wildman–Crippen MR) is 112 cm³/mol. The molecule has 0 saturated carbocycles. The van der Waals surface area contributed by atoms with Gasteiger partial charge in [-0.05, 0) is 30.7 Å². The quantitative estimate of drug-likeness (QED) is 0.480. The first kappa shape index (κ1) is 19.2. The van der Waals surface area contributed by atoms with E-state index < -0.39 is 17.4 Å². The number of halogens is 2. The van der Waals surface area contributed by atoms with Crippen molar-refractivity contribution in [1.29, 1.82) is 0 Å². The first-order chi connectivity index (χ1) is 15.0. The molecular formula is C23H19F2N3O3. The molecule has 6 nitrogen and oxygen atoms in total. The van der Waals surface area contributed by atoms with Crippen molar-refractivity contribution in [3.05, 3.63) is 65.9 Å². The average Bonchev–Trinajstić information content (AvgIpc) is 3.11. The maximum Gasteiger partial charge on any atom is 0.163 e. The van der Waals surface area contributed by atoms with Crippen LogP contribution in [-0.4, -0.2) is 27.7 Å². The molecule has 0 bridgehead atoms. The van der Waals surface area contributed by atoms with Gasteiger partial charge in [0.15, 0.2) is 11.5 Å². The molecule has 4 aromatic rings. The van der Waals surface area contributed by atoms with Gasteiger partial charge in [0.1, 0.15) is 47.8 Å². The Morgan fingerprint density at radius 3 is 2.52 bits per heavy atom. The van der Waals surface area contributed by atoms with E-state index in [0.717, 1.165) is 17.8 Å². The smallest absolute Gasteiger partial charge is 0.163 e. The number of hydrogen-bond acceptors (Lipinski definition) is 5. The van der Waals surface area contributed by atoms with Crippen LogP contribution in [0, 0.1) is 11.6 Å². The van der Waals surface area contributed by atoms with Crippen molar-refractivity contribution in [3.63, 3.8) is 0 Å².